The average molecular weight is 458 g/mol. The van der Waals surface area contributed by atoms with E-state index in [4.69, 9.17) is 9.47 Å². The highest BCUT2D eigenvalue weighted by Gasteiger charge is 2.33. The van der Waals surface area contributed by atoms with Crippen molar-refractivity contribution in [1.82, 2.24) is 4.67 Å². The van der Waals surface area contributed by atoms with Crippen LogP contribution in [0, 0.1) is 13.8 Å². The molecule has 2 aromatic carbocycles. The highest BCUT2D eigenvalue weighted by molar-refractivity contribution is 7.71. The maximum absolute atomic E-state index is 6.15. The Kier molecular flexibility index (Phi) is 8.46. The molecule has 0 spiro atoms. The summed E-state index contributed by atoms with van der Waals surface area (Å²) in [5.74, 6) is 2.03. The van der Waals surface area contributed by atoms with Crippen LogP contribution < -0.4 is 20.1 Å². The zero-order valence-electron chi connectivity index (χ0n) is 22.4. The van der Waals surface area contributed by atoms with Gasteiger partial charge in [0, 0.05) is 29.8 Å². The van der Waals surface area contributed by atoms with Crippen molar-refractivity contribution in [3.8, 4) is 11.5 Å². The van der Waals surface area contributed by atoms with Crippen LogP contribution in [0.4, 0.5) is 0 Å². The van der Waals surface area contributed by atoms with E-state index >= 15 is 0 Å². The smallest absolute Gasteiger partial charge is 0.131 e. The number of aryl methyl sites for hydroxylation is 2. The van der Waals surface area contributed by atoms with E-state index in [1.165, 1.54) is 32.9 Å². The molecule has 0 bridgehead atoms. The summed E-state index contributed by atoms with van der Waals surface area (Å²) in [6.07, 6.45) is 0. The van der Waals surface area contributed by atoms with E-state index in [2.05, 4.69) is 98.2 Å². The van der Waals surface area contributed by atoms with Gasteiger partial charge in [-0.2, -0.15) is 0 Å². The van der Waals surface area contributed by atoms with Gasteiger partial charge in [0.05, 0.1) is 14.2 Å². The standard InChI is InChI=1S/C28H44NO2P/c1-13-29(14-2)32(23-17-19(3)15-21(25(23)30-11)27(5,6)7)24-18-20(4)16-22(26(24)31-12)28(8,9)10/h15-18H,13-14H2,1-12H3. The minimum Gasteiger partial charge on any atom is -0.496 e. The van der Waals surface area contributed by atoms with Crippen molar-refractivity contribution in [1.29, 1.82) is 0 Å². The zero-order chi connectivity index (χ0) is 24.4. The first-order valence-corrected chi connectivity index (χ1v) is 13.0. The van der Waals surface area contributed by atoms with Crippen LogP contribution in [0.1, 0.15) is 77.6 Å². The largest absolute Gasteiger partial charge is 0.496 e. The third kappa shape index (κ3) is 5.49. The fourth-order valence-electron chi connectivity index (χ4n) is 4.31. The molecule has 0 N–H and O–H groups in total. The number of hydrogen-bond acceptors (Lipinski definition) is 3. The van der Waals surface area contributed by atoms with Gasteiger partial charge < -0.3 is 9.47 Å². The lowest BCUT2D eigenvalue weighted by Gasteiger charge is -2.36. The fraction of sp³-hybridized carbons (Fsp3) is 0.571. The van der Waals surface area contributed by atoms with Crippen molar-refractivity contribution in [2.75, 3.05) is 27.3 Å². The molecule has 0 amide bonds. The van der Waals surface area contributed by atoms with Crippen LogP contribution in [0.2, 0.25) is 0 Å². The van der Waals surface area contributed by atoms with E-state index in [1.54, 1.807) is 0 Å². The fourth-order valence-corrected chi connectivity index (χ4v) is 7.20. The Hall–Kier alpha value is -1.57. The van der Waals surface area contributed by atoms with Crippen molar-refractivity contribution in [3.63, 3.8) is 0 Å². The normalized spacial score (nSPS) is 12.6. The molecule has 0 saturated carbocycles. The van der Waals surface area contributed by atoms with E-state index in [0.29, 0.717) is 0 Å². The van der Waals surface area contributed by atoms with Gasteiger partial charge in [0.25, 0.3) is 0 Å². The molecule has 0 aliphatic rings. The lowest BCUT2D eigenvalue weighted by atomic mass is 9.85. The Morgan fingerprint density at radius 1 is 0.688 bits per heavy atom. The number of ether oxygens (including phenoxy) is 2. The zero-order valence-corrected chi connectivity index (χ0v) is 23.3. The van der Waals surface area contributed by atoms with Crippen molar-refractivity contribution in [3.05, 3.63) is 46.5 Å². The van der Waals surface area contributed by atoms with Gasteiger partial charge in [0.1, 0.15) is 11.5 Å². The van der Waals surface area contributed by atoms with Gasteiger partial charge in [-0.3, -0.25) is 4.67 Å². The summed E-state index contributed by atoms with van der Waals surface area (Å²) >= 11 is 0. The highest BCUT2D eigenvalue weighted by Crippen LogP contribution is 2.48. The number of benzene rings is 2. The van der Waals surface area contributed by atoms with E-state index in [9.17, 15) is 0 Å². The molecule has 4 heteroatoms. The first kappa shape index (κ1) is 26.7. The molecule has 0 aromatic heterocycles. The molecule has 0 heterocycles. The maximum Gasteiger partial charge on any atom is 0.131 e. The van der Waals surface area contributed by atoms with Gasteiger partial charge in [0.2, 0.25) is 0 Å². The van der Waals surface area contributed by atoms with E-state index in [1.807, 2.05) is 14.2 Å². The molecular weight excluding hydrogens is 413 g/mol. The minimum absolute atomic E-state index is 0.0103. The molecule has 2 aromatic rings. The van der Waals surface area contributed by atoms with Gasteiger partial charge in [-0.05, 0) is 61.0 Å². The minimum atomic E-state index is -0.844. The van der Waals surface area contributed by atoms with E-state index in [-0.39, 0.29) is 10.8 Å². The van der Waals surface area contributed by atoms with Crippen molar-refractivity contribution >= 4 is 18.7 Å². The van der Waals surface area contributed by atoms with Crippen LogP contribution in [0.3, 0.4) is 0 Å². The van der Waals surface area contributed by atoms with Gasteiger partial charge in [-0.1, -0.05) is 67.5 Å². The molecule has 0 radical (unpaired) electrons. The molecule has 3 nitrogen and oxygen atoms in total. The van der Waals surface area contributed by atoms with Gasteiger partial charge >= 0.3 is 0 Å². The second-order valence-electron chi connectivity index (χ2n) is 10.7. The van der Waals surface area contributed by atoms with Crippen LogP contribution in [0.15, 0.2) is 24.3 Å². The van der Waals surface area contributed by atoms with Gasteiger partial charge in [-0.25, -0.2) is 0 Å². The van der Waals surface area contributed by atoms with Crippen LogP contribution in [0.25, 0.3) is 0 Å². The Bertz CT molecular complexity index is 862. The Morgan fingerprint density at radius 2 is 1.03 bits per heavy atom. The Labute approximate surface area is 198 Å². The molecule has 0 aliphatic heterocycles. The molecule has 178 valence electrons. The molecule has 0 saturated heterocycles. The SMILES string of the molecule is CCN(CC)P(c1cc(C)cc(C(C)(C)C)c1OC)c1cc(C)cc(C(C)(C)C)c1OC. The summed E-state index contributed by atoms with van der Waals surface area (Å²) in [7, 11) is 2.78. The second-order valence-corrected chi connectivity index (χ2v) is 12.8. The molecule has 32 heavy (non-hydrogen) atoms. The van der Waals surface area contributed by atoms with E-state index < -0.39 is 8.07 Å². The Balaban J connectivity index is 3.00. The molecule has 0 atom stereocenters. The van der Waals surface area contributed by atoms with Gasteiger partial charge in [-0.15, -0.1) is 0 Å². The number of methoxy groups -OCH3 is 2. The number of nitrogens with zero attached hydrogens (tertiary/aromatic N) is 1. The number of hydrogen-bond donors (Lipinski definition) is 0. The van der Waals surface area contributed by atoms with Crippen LogP contribution in [-0.4, -0.2) is 32.0 Å². The lowest BCUT2D eigenvalue weighted by molar-refractivity contribution is 0.399. The first-order chi connectivity index (χ1) is 14.8. The third-order valence-electron chi connectivity index (χ3n) is 5.92. The quantitative estimate of drug-likeness (QED) is 0.437. The predicted octanol–water partition coefficient (Wildman–Crippen LogP) is 6.61. The molecule has 2 rings (SSSR count). The summed E-state index contributed by atoms with van der Waals surface area (Å²) in [5.41, 5.74) is 5.04. The first-order valence-electron chi connectivity index (χ1n) is 11.7. The van der Waals surface area contributed by atoms with Crippen LogP contribution >= 0.6 is 8.07 Å². The molecule has 0 unspecified atom stereocenters. The number of rotatable bonds is 7. The average Bonchev–Trinajstić information content (AvgIpc) is 2.69. The van der Waals surface area contributed by atoms with Gasteiger partial charge in [0.15, 0.2) is 0 Å². The topological polar surface area (TPSA) is 21.7 Å². The summed E-state index contributed by atoms with van der Waals surface area (Å²) in [5, 5.41) is 2.56. The van der Waals surface area contributed by atoms with Crippen molar-refractivity contribution < 1.29 is 9.47 Å². The van der Waals surface area contributed by atoms with E-state index in [0.717, 1.165) is 24.6 Å². The molecular formula is C28H44NO2P. The molecule has 0 aliphatic carbocycles. The predicted molar refractivity (Wildman–Crippen MR) is 142 cm³/mol. The summed E-state index contributed by atoms with van der Waals surface area (Å²) in [6, 6.07) is 9.23. The summed E-state index contributed by atoms with van der Waals surface area (Å²) < 4.78 is 14.9. The monoisotopic (exact) mass is 457 g/mol. The van der Waals surface area contributed by atoms with Crippen molar-refractivity contribution in [2.45, 2.75) is 80.1 Å². The van der Waals surface area contributed by atoms with Crippen LogP contribution in [0.5, 0.6) is 11.5 Å². The third-order valence-corrected chi connectivity index (χ3v) is 8.63. The lowest BCUT2D eigenvalue weighted by Crippen LogP contribution is -2.32. The highest BCUT2D eigenvalue weighted by atomic mass is 31.1. The summed E-state index contributed by atoms with van der Waals surface area (Å²) in [4.78, 5) is 0. The maximum atomic E-state index is 6.15. The summed E-state index contributed by atoms with van der Waals surface area (Å²) in [6.45, 7) is 24.4. The molecule has 0 fully saturated rings. The van der Waals surface area contributed by atoms with Crippen molar-refractivity contribution in [2.24, 2.45) is 0 Å². The van der Waals surface area contributed by atoms with Crippen LogP contribution in [-0.2, 0) is 10.8 Å². The second kappa shape index (κ2) is 10.1. The Morgan fingerprint density at radius 3 is 1.28 bits per heavy atom.